The van der Waals surface area contributed by atoms with Crippen molar-refractivity contribution in [2.45, 2.75) is 13.1 Å². The summed E-state index contributed by atoms with van der Waals surface area (Å²) in [5.74, 6) is 2.07. The molecule has 0 spiro atoms. The summed E-state index contributed by atoms with van der Waals surface area (Å²) in [6.45, 7) is 1.14. The van der Waals surface area contributed by atoms with Gasteiger partial charge in [-0.1, -0.05) is 54.1 Å². The van der Waals surface area contributed by atoms with Crippen molar-refractivity contribution in [3.63, 3.8) is 0 Å². The van der Waals surface area contributed by atoms with E-state index in [9.17, 15) is 4.79 Å². The summed E-state index contributed by atoms with van der Waals surface area (Å²) in [5, 5.41) is 14.2. The van der Waals surface area contributed by atoms with Crippen LogP contribution in [0.4, 0.5) is 16.3 Å². The van der Waals surface area contributed by atoms with Gasteiger partial charge in [-0.25, -0.2) is 9.78 Å². The number of hydrogen-bond acceptors (Lipinski definition) is 6. The fourth-order valence-electron chi connectivity index (χ4n) is 4.17. The Bertz CT molecular complexity index is 1670. The zero-order valence-electron chi connectivity index (χ0n) is 20.4. The Morgan fingerprint density at radius 1 is 0.974 bits per heavy atom. The fraction of sp³-hybridized carbons (Fsp3) is 0.107. The van der Waals surface area contributed by atoms with Crippen molar-refractivity contribution < 1.29 is 14.3 Å². The van der Waals surface area contributed by atoms with Gasteiger partial charge in [0.1, 0.15) is 5.82 Å². The van der Waals surface area contributed by atoms with Crippen molar-refractivity contribution in [2.24, 2.45) is 0 Å². The van der Waals surface area contributed by atoms with Gasteiger partial charge in [0.05, 0.1) is 16.4 Å². The third kappa shape index (κ3) is 5.47. The van der Waals surface area contributed by atoms with Crippen LogP contribution in [0.1, 0.15) is 11.1 Å². The molecule has 1 aliphatic rings. The van der Waals surface area contributed by atoms with E-state index >= 15 is 0 Å². The first-order chi connectivity index (χ1) is 19.0. The molecule has 0 aliphatic carbocycles. The van der Waals surface area contributed by atoms with E-state index in [2.05, 4.69) is 37.0 Å². The molecule has 3 N–H and O–H groups in total. The zero-order chi connectivity index (χ0) is 26.8. The summed E-state index contributed by atoms with van der Waals surface area (Å²) >= 11 is 9.97. The van der Waals surface area contributed by atoms with Crippen LogP contribution >= 0.6 is 27.5 Å². The van der Waals surface area contributed by atoms with Gasteiger partial charge in [-0.3, -0.25) is 0 Å². The lowest BCUT2D eigenvalue weighted by atomic mass is 10.1. The molecule has 2 aromatic heterocycles. The predicted octanol–water partition coefficient (Wildman–Crippen LogP) is 6.47. The topological polar surface area (TPSA) is 102 Å². The van der Waals surface area contributed by atoms with Crippen LogP contribution in [0.25, 0.3) is 16.9 Å². The minimum absolute atomic E-state index is 0.189. The number of anilines is 2. The van der Waals surface area contributed by atoms with Gasteiger partial charge in [0.25, 0.3) is 0 Å². The highest BCUT2D eigenvalue weighted by Crippen LogP contribution is 2.34. The summed E-state index contributed by atoms with van der Waals surface area (Å²) < 4.78 is 13.2. The lowest BCUT2D eigenvalue weighted by Gasteiger charge is -2.12. The number of aromatic nitrogens is 3. The summed E-state index contributed by atoms with van der Waals surface area (Å²) in [6, 6.07) is 22.5. The number of hydrogen-bond donors (Lipinski definition) is 3. The van der Waals surface area contributed by atoms with E-state index in [1.165, 1.54) is 0 Å². The number of benzene rings is 3. The van der Waals surface area contributed by atoms with Crippen LogP contribution in [-0.2, 0) is 13.1 Å². The Balaban J connectivity index is 1.09. The number of fused-ring (bicyclic) bond motifs is 2. The van der Waals surface area contributed by atoms with Gasteiger partial charge in [-0.2, -0.15) is 9.61 Å². The van der Waals surface area contributed by atoms with Crippen LogP contribution in [0.3, 0.4) is 0 Å². The number of nitrogens with one attached hydrogen (secondary N) is 3. The maximum absolute atomic E-state index is 12.3. The predicted molar refractivity (Wildman–Crippen MR) is 153 cm³/mol. The molecule has 0 bridgehead atoms. The molecule has 196 valence electrons. The molecule has 0 saturated heterocycles. The lowest BCUT2D eigenvalue weighted by Crippen LogP contribution is -2.28. The summed E-state index contributed by atoms with van der Waals surface area (Å²) in [4.78, 5) is 17.1. The minimum Gasteiger partial charge on any atom is -0.454 e. The first-order valence-corrected chi connectivity index (χ1v) is 13.3. The molecule has 3 heterocycles. The van der Waals surface area contributed by atoms with E-state index in [1.54, 1.807) is 28.9 Å². The molecule has 1 aliphatic heterocycles. The second-order valence-corrected chi connectivity index (χ2v) is 10.0. The Kier molecular flexibility index (Phi) is 6.95. The van der Waals surface area contributed by atoms with Crippen molar-refractivity contribution in [2.75, 3.05) is 17.4 Å². The highest BCUT2D eigenvalue weighted by atomic mass is 79.9. The van der Waals surface area contributed by atoms with Crippen LogP contribution in [-0.4, -0.2) is 27.4 Å². The minimum atomic E-state index is -0.305. The first kappa shape index (κ1) is 25.0. The van der Waals surface area contributed by atoms with E-state index in [4.69, 9.17) is 26.1 Å². The van der Waals surface area contributed by atoms with Crippen molar-refractivity contribution in [3.8, 4) is 22.8 Å². The van der Waals surface area contributed by atoms with Crippen molar-refractivity contribution in [3.05, 3.63) is 99.6 Å². The molecule has 5 aromatic rings. The molecule has 0 fully saturated rings. The molecule has 6 rings (SSSR count). The van der Waals surface area contributed by atoms with E-state index < -0.39 is 0 Å². The Hall–Kier alpha value is -4.28. The second kappa shape index (κ2) is 10.8. The van der Waals surface area contributed by atoms with Gasteiger partial charge < -0.3 is 25.4 Å². The Labute approximate surface area is 237 Å². The van der Waals surface area contributed by atoms with Crippen LogP contribution < -0.4 is 25.4 Å². The van der Waals surface area contributed by atoms with Crippen LogP contribution in [0.5, 0.6) is 11.5 Å². The standard InChI is InChI=1S/C28H22BrClN6O3/c29-21-15-33-36-26(12-23(35-27(21)36)20-3-1-2-4-22(20)30)31-13-17-5-7-18(8-6-17)14-32-28(37)34-19-9-10-24-25(11-19)39-16-38-24/h1-12,15,31H,13-14,16H2,(H2,32,34,37). The van der Waals surface area contributed by atoms with E-state index in [0.717, 1.165) is 32.7 Å². The van der Waals surface area contributed by atoms with Gasteiger partial charge in [-0.15, -0.1) is 0 Å². The molecule has 2 amide bonds. The number of carbonyl (C=O) groups is 1. The number of rotatable bonds is 7. The van der Waals surface area contributed by atoms with Gasteiger partial charge >= 0.3 is 6.03 Å². The monoisotopic (exact) mass is 604 g/mol. The highest BCUT2D eigenvalue weighted by molar-refractivity contribution is 9.10. The molecule has 39 heavy (non-hydrogen) atoms. The molecular weight excluding hydrogens is 584 g/mol. The van der Waals surface area contributed by atoms with E-state index in [0.29, 0.717) is 40.9 Å². The number of nitrogens with zero attached hydrogens (tertiary/aromatic N) is 3. The average Bonchev–Trinajstić information content (AvgIpc) is 3.57. The van der Waals surface area contributed by atoms with Gasteiger partial charge in [0.15, 0.2) is 17.1 Å². The van der Waals surface area contributed by atoms with Crippen LogP contribution in [0.15, 0.2) is 83.5 Å². The SMILES string of the molecule is O=C(NCc1ccc(CNc2cc(-c3ccccc3Cl)nc3c(Br)cnn23)cc1)Nc1ccc2c(c1)OCO2. The lowest BCUT2D eigenvalue weighted by molar-refractivity contribution is 0.174. The highest BCUT2D eigenvalue weighted by Gasteiger charge is 2.15. The average molecular weight is 606 g/mol. The van der Waals surface area contributed by atoms with Gasteiger partial charge in [0, 0.05) is 41.5 Å². The van der Waals surface area contributed by atoms with Crippen LogP contribution in [0, 0.1) is 0 Å². The molecule has 11 heteroatoms. The number of ether oxygens (including phenoxy) is 2. The molecule has 0 unspecified atom stereocenters. The molecule has 0 radical (unpaired) electrons. The summed E-state index contributed by atoms with van der Waals surface area (Å²) in [6.07, 6.45) is 1.72. The summed E-state index contributed by atoms with van der Waals surface area (Å²) in [7, 11) is 0. The molecule has 0 saturated carbocycles. The molecule has 0 atom stereocenters. The quantitative estimate of drug-likeness (QED) is 0.196. The largest absolute Gasteiger partial charge is 0.454 e. The van der Waals surface area contributed by atoms with Crippen LogP contribution in [0.2, 0.25) is 5.02 Å². The van der Waals surface area contributed by atoms with E-state index in [1.807, 2.05) is 54.6 Å². The number of urea groups is 1. The van der Waals surface area contributed by atoms with Gasteiger partial charge in [0.2, 0.25) is 6.79 Å². The van der Waals surface area contributed by atoms with Crippen molar-refractivity contribution >= 4 is 50.7 Å². The molecule has 9 nitrogen and oxygen atoms in total. The zero-order valence-corrected chi connectivity index (χ0v) is 22.8. The van der Waals surface area contributed by atoms with Crippen molar-refractivity contribution in [1.29, 1.82) is 0 Å². The smallest absolute Gasteiger partial charge is 0.319 e. The summed E-state index contributed by atoms with van der Waals surface area (Å²) in [5.41, 5.74) is 4.96. The maximum Gasteiger partial charge on any atom is 0.319 e. The first-order valence-electron chi connectivity index (χ1n) is 12.1. The van der Waals surface area contributed by atoms with E-state index in [-0.39, 0.29) is 12.8 Å². The van der Waals surface area contributed by atoms with Gasteiger partial charge in [-0.05, 0) is 45.3 Å². The molecular formula is C28H22BrClN6O3. The number of halogens is 2. The fourth-order valence-corrected chi connectivity index (χ4v) is 4.75. The maximum atomic E-state index is 12.3. The Morgan fingerprint density at radius 2 is 1.74 bits per heavy atom. The second-order valence-electron chi connectivity index (χ2n) is 8.78. The third-order valence-electron chi connectivity index (χ3n) is 6.16. The third-order valence-corrected chi connectivity index (χ3v) is 7.05. The number of amides is 2. The normalized spacial score (nSPS) is 11.9. The molecule has 3 aromatic carbocycles. The Morgan fingerprint density at radius 3 is 2.56 bits per heavy atom. The number of carbonyl (C=O) groups excluding carboxylic acids is 1. The van der Waals surface area contributed by atoms with Crippen molar-refractivity contribution in [1.82, 2.24) is 19.9 Å².